The van der Waals surface area contributed by atoms with Crippen molar-refractivity contribution in [3.63, 3.8) is 0 Å². The Hall–Kier alpha value is -5.19. The summed E-state index contributed by atoms with van der Waals surface area (Å²) in [4.78, 5) is 56.7. The molecule has 0 aliphatic rings. The summed E-state index contributed by atoms with van der Waals surface area (Å²) in [6, 6.07) is 15.4. The van der Waals surface area contributed by atoms with Gasteiger partial charge in [0.25, 0.3) is 17.4 Å². The number of amides is 2. The van der Waals surface area contributed by atoms with Gasteiger partial charge < -0.3 is 14.2 Å². The van der Waals surface area contributed by atoms with Crippen molar-refractivity contribution in [2.45, 2.75) is 33.6 Å². The van der Waals surface area contributed by atoms with Gasteiger partial charge in [-0.15, -0.1) is 0 Å². The predicted molar refractivity (Wildman–Crippen MR) is 150 cm³/mol. The average Bonchev–Trinajstić information content (AvgIpc) is 3.28. The summed E-state index contributed by atoms with van der Waals surface area (Å²) >= 11 is 0. The van der Waals surface area contributed by atoms with Crippen LogP contribution in [0.5, 0.6) is 0 Å². The molecule has 5 aromatic rings. The van der Waals surface area contributed by atoms with E-state index in [4.69, 9.17) is 8.83 Å². The van der Waals surface area contributed by atoms with Gasteiger partial charge in [0.2, 0.25) is 11.7 Å². The number of aryl methyl sites for hydroxylation is 2. The maximum atomic E-state index is 13.8. The third-order valence-electron chi connectivity index (χ3n) is 6.41. The van der Waals surface area contributed by atoms with Gasteiger partial charge in [-0.1, -0.05) is 49.2 Å². The molecule has 0 fully saturated rings. The number of unbranched alkanes of at least 4 members (excludes halogenated alkanes) is 1. The minimum absolute atomic E-state index is 0.0171. The summed E-state index contributed by atoms with van der Waals surface area (Å²) in [6.45, 7) is 6.10. The van der Waals surface area contributed by atoms with Crippen molar-refractivity contribution in [2.75, 3.05) is 11.9 Å². The number of furan rings is 1. The highest BCUT2D eigenvalue weighted by molar-refractivity contribution is 6.07. The van der Waals surface area contributed by atoms with Crippen molar-refractivity contribution in [3.8, 4) is 5.69 Å². The molecule has 3 heterocycles. The number of hydrogen-bond acceptors (Lipinski definition) is 8. The molecular weight excluding hydrogens is 514 g/mol. The number of aromatic nitrogens is 2. The van der Waals surface area contributed by atoms with Crippen LogP contribution in [0.1, 0.15) is 51.8 Å². The Kier molecular flexibility index (Phi) is 7.19. The van der Waals surface area contributed by atoms with Crippen molar-refractivity contribution in [2.24, 2.45) is 0 Å². The Morgan fingerprint density at radius 2 is 1.68 bits per heavy atom. The molecule has 2 amide bonds. The SMILES string of the molecule is CCCCNc1nc2oc(C)c(C(=O)NNC(=O)c3cc4ccccc4oc3=O)c2c(=O)n1-c1ccc(C)cc1. The molecule has 40 heavy (non-hydrogen) atoms. The Morgan fingerprint density at radius 1 is 0.950 bits per heavy atom. The van der Waals surface area contributed by atoms with Crippen LogP contribution in [0.4, 0.5) is 5.95 Å². The molecule has 0 radical (unpaired) electrons. The molecule has 204 valence electrons. The van der Waals surface area contributed by atoms with E-state index in [0.29, 0.717) is 23.2 Å². The summed E-state index contributed by atoms with van der Waals surface area (Å²) in [5.41, 5.74) is 4.63. The lowest BCUT2D eigenvalue weighted by Crippen LogP contribution is -2.43. The number of anilines is 1. The van der Waals surface area contributed by atoms with Crippen molar-refractivity contribution in [1.82, 2.24) is 20.4 Å². The predicted octanol–water partition coefficient (Wildman–Crippen LogP) is 3.99. The number of hydrogen-bond donors (Lipinski definition) is 3. The normalized spacial score (nSPS) is 11.1. The largest absolute Gasteiger partial charge is 0.442 e. The van der Waals surface area contributed by atoms with Gasteiger partial charge in [-0.3, -0.25) is 25.2 Å². The molecule has 0 aliphatic heterocycles. The Bertz CT molecular complexity index is 1870. The van der Waals surface area contributed by atoms with E-state index < -0.39 is 23.0 Å². The molecule has 0 aliphatic carbocycles. The lowest BCUT2D eigenvalue weighted by atomic mass is 10.1. The van der Waals surface area contributed by atoms with E-state index in [-0.39, 0.29) is 33.9 Å². The molecule has 0 bridgehead atoms. The van der Waals surface area contributed by atoms with Crippen LogP contribution in [-0.2, 0) is 0 Å². The fourth-order valence-corrected chi connectivity index (χ4v) is 4.33. The molecular formula is C29H27N5O6. The maximum Gasteiger partial charge on any atom is 0.349 e. The van der Waals surface area contributed by atoms with Crippen LogP contribution >= 0.6 is 0 Å². The third-order valence-corrected chi connectivity index (χ3v) is 6.41. The second-order valence-corrected chi connectivity index (χ2v) is 9.30. The summed E-state index contributed by atoms with van der Waals surface area (Å²) < 4.78 is 12.3. The standard InChI is InChI=1S/C29H27N5O6/c1-4-5-14-30-29-31-26-23(27(37)34(29)19-12-10-16(2)11-13-19)22(17(3)39-26)25(36)33-32-24(35)20-15-18-8-6-7-9-21(18)40-28(20)38/h6-13,15H,4-5,14H2,1-3H3,(H,30,31)(H,32,35)(H,33,36). The van der Waals surface area contributed by atoms with E-state index in [2.05, 4.69) is 28.1 Å². The van der Waals surface area contributed by atoms with E-state index in [1.54, 1.807) is 36.4 Å². The first-order valence-corrected chi connectivity index (χ1v) is 12.8. The zero-order valence-corrected chi connectivity index (χ0v) is 22.2. The number of nitrogens with one attached hydrogen (secondary N) is 3. The van der Waals surface area contributed by atoms with Gasteiger partial charge in [0.15, 0.2) is 0 Å². The summed E-state index contributed by atoms with van der Waals surface area (Å²) in [6.07, 6.45) is 1.81. The summed E-state index contributed by atoms with van der Waals surface area (Å²) in [7, 11) is 0. The highest BCUT2D eigenvalue weighted by atomic mass is 16.4. The van der Waals surface area contributed by atoms with Gasteiger partial charge in [-0.05, 0) is 44.5 Å². The quantitative estimate of drug-likeness (QED) is 0.159. The molecule has 5 rings (SSSR count). The van der Waals surface area contributed by atoms with Crippen LogP contribution < -0.4 is 27.4 Å². The van der Waals surface area contributed by atoms with E-state index in [1.807, 2.05) is 19.1 Å². The molecule has 0 saturated carbocycles. The van der Waals surface area contributed by atoms with Crippen LogP contribution in [0.25, 0.3) is 27.8 Å². The number of para-hydroxylation sites is 1. The fraction of sp³-hybridized carbons (Fsp3) is 0.207. The van der Waals surface area contributed by atoms with Gasteiger partial charge >= 0.3 is 5.63 Å². The van der Waals surface area contributed by atoms with Crippen molar-refractivity contribution >= 4 is 39.8 Å². The van der Waals surface area contributed by atoms with Crippen molar-refractivity contribution < 1.29 is 18.4 Å². The second kappa shape index (κ2) is 10.9. The van der Waals surface area contributed by atoms with E-state index in [0.717, 1.165) is 18.4 Å². The first-order chi connectivity index (χ1) is 19.3. The first-order valence-electron chi connectivity index (χ1n) is 12.8. The lowest BCUT2D eigenvalue weighted by Gasteiger charge is -2.14. The molecule has 3 N–H and O–H groups in total. The van der Waals surface area contributed by atoms with E-state index >= 15 is 0 Å². The van der Waals surface area contributed by atoms with Gasteiger partial charge in [0, 0.05) is 11.9 Å². The van der Waals surface area contributed by atoms with Crippen LogP contribution in [0, 0.1) is 13.8 Å². The van der Waals surface area contributed by atoms with Crippen molar-refractivity contribution in [3.05, 3.63) is 97.8 Å². The molecule has 11 nitrogen and oxygen atoms in total. The van der Waals surface area contributed by atoms with Crippen molar-refractivity contribution in [1.29, 1.82) is 0 Å². The maximum absolute atomic E-state index is 13.8. The van der Waals surface area contributed by atoms with Crippen LogP contribution in [-0.4, -0.2) is 27.9 Å². The topological polar surface area (TPSA) is 148 Å². The third kappa shape index (κ3) is 4.96. The molecule has 0 atom stereocenters. The van der Waals surface area contributed by atoms with E-state index in [1.165, 1.54) is 17.6 Å². The minimum Gasteiger partial charge on any atom is -0.442 e. The first kappa shape index (κ1) is 26.4. The lowest BCUT2D eigenvalue weighted by molar-refractivity contribution is 0.0844. The number of hydrazine groups is 1. The number of benzene rings is 2. The second-order valence-electron chi connectivity index (χ2n) is 9.30. The molecule has 3 aromatic heterocycles. The average molecular weight is 542 g/mol. The fourth-order valence-electron chi connectivity index (χ4n) is 4.33. The van der Waals surface area contributed by atoms with Gasteiger partial charge in [-0.2, -0.15) is 4.98 Å². The summed E-state index contributed by atoms with van der Waals surface area (Å²) in [5, 5.41) is 3.69. The zero-order valence-electron chi connectivity index (χ0n) is 22.2. The zero-order chi connectivity index (χ0) is 28.4. The summed E-state index contributed by atoms with van der Waals surface area (Å²) in [5.74, 6) is -1.27. The van der Waals surface area contributed by atoms with E-state index in [9.17, 15) is 19.2 Å². The van der Waals surface area contributed by atoms with Crippen LogP contribution in [0.15, 0.2) is 73.0 Å². The highest BCUT2D eigenvalue weighted by Gasteiger charge is 2.26. The molecule has 11 heteroatoms. The Morgan fingerprint density at radius 3 is 2.42 bits per heavy atom. The van der Waals surface area contributed by atoms with Crippen LogP contribution in [0.3, 0.4) is 0 Å². The number of carbonyl (C=O) groups excluding carboxylic acids is 2. The highest BCUT2D eigenvalue weighted by Crippen LogP contribution is 2.24. The van der Waals surface area contributed by atoms with Gasteiger partial charge in [0.1, 0.15) is 22.3 Å². The smallest absolute Gasteiger partial charge is 0.349 e. The monoisotopic (exact) mass is 541 g/mol. The molecule has 0 saturated heterocycles. The molecule has 0 spiro atoms. The van der Waals surface area contributed by atoms with Gasteiger partial charge in [-0.25, -0.2) is 9.36 Å². The molecule has 2 aromatic carbocycles. The Balaban J connectivity index is 1.50. The number of nitrogens with zero attached hydrogens (tertiary/aromatic N) is 2. The number of carbonyl (C=O) groups is 2. The number of fused-ring (bicyclic) bond motifs is 2. The molecule has 0 unspecified atom stereocenters. The number of rotatable bonds is 7. The van der Waals surface area contributed by atoms with Gasteiger partial charge in [0.05, 0.1) is 11.3 Å². The minimum atomic E-state index is -0.879. The van der Waals surface area contributed by atoms with Crippen LogP contribution in [0.2, 0.25) is 0 Å². The Labute approximate surface area is 227 Å².